The first-order valence-electron chi connectivity index (χ1n) is 11.0. The van der Waals surface area contributed by atoms with Crippen LogP contribution in [-0.4, -0.2) is 49.0 Å². The molecule has 0 spiro atoms. The summed E-state index contributed by atoms with van der Waals surface area (Å²) in [6, 6.07) is 10.9. The third-order valence-corrected chi connectivity index (χ3v) is 6.22. The molecular weight excluding hydrogens is 436 g/mol. The van der Waals surface area contributed by atoms with Gasteiger partial charge < -0.3 is 24.3 Å². The van der Waals surface area contributed by atoms with Crippen molar-refractivity contribution in [2.75, 3.05) is 33.8 Å². The van der Waals surface area contributed by atoms with Crippen LogP contribution < -0.4 is 24.3 Å². The summed E-state index contributed by atoms with van der Waals surface area (Å²) < 4.78 is 23.9. The molecular formula is C25H26N4O5. The minimum Gasteiger partial charge on any atom is -0.496 e. The van der Waals surface area contributed by atoms with Crippen molar-refractivity contribution in [1.29, 1.82) is 0 Å². The van der Waals surface area contributed by atoms with Crippen molar-refractivity contribution in [2.24, 2.45) is 0 Å². The van der Waals surface area contributed by atoms with E-state index in [9.17, 15) is 4.79 Å². The van der Waals surface area contributed by atoms with Gasteiger partial charge in [0.15, 0.2) is 23.1 Å². The average molecular weight is 463 g/mol. The fourth-order valence-electron chi connectivity index (χ4n) is 4.67. The van der Waals surface area contributed by atoms with Crippen molar-refractivity contribution in [3.8, 4) is 34.4 Å². The molecule has 0 unspecified atom stereocenters. The number of ether oxygens (including phenoxy) is 4. The maximum atomic E-state index is 13.1. The fourth-order valence-corrected chi connectivity index (χ4v) is 4.67. The monoisotopic (exact) mass is 462 g/mol. The lowest BCUT2D eigenvalue weighted by Crippen LogP contribution is -2.31. The van der Waals surface area contributed by atoms with Crippen molar-refractivity contribution in [3.63, 3.8) is 0 Å². The number of nitrogens with zero attached hydrogens (tertiary/aromatic N) is 3. The van der Waals surface area contributed by atoms with Gasteiger partial charge in [-0.1, -0.05) is 18.2 Å². The van der Waals surface area contributed by atoms with Crippen LogP contribution >= 0.6 is 0 Å². The van der Waals surface area contributed by atoms with E-state index in [1.54, 1.807) is 45.3 Å². The zero-order chi connectivity index (χ0) is 23.8. The van der Waals surface area contributed by atoms with Crippen LogP contribution in [0.2, 0.25) is 0 Å². The van der Waals surface area contributed by atoms with Crippen LogP contribution in [0.15, 0.2) is 47.7 Å². The van der Waals surface area contributed by atoms with Crippen LogP contribution in [0.25, 0.3) is 11.4 Å². The van der Waals surface area contributed by atoms with Gasteiger partial charge in [0.25, 0.3) is 0 Å². The molecule has 3 aromatic rings. The summed E-state index contributed by atoms with van der Waals surface area (Å²) >= 11 is 0. The summed E-state index contributed by atoms with van der Waals surface area (Å²) in [7, 11) is 6.31. The van der Waals surface area contributed by atoms with Crippen molar-refractivity contribution < 1.29 is 23.7 Å². The van der Waals surface area contributed by atoms with E-state index >= 15 is 0 Å². The Morgan fingerprint density at radius 3 is 2.32 bits per heavy atom. The molecule has 2 heterocycles. The first-order valence-corrected chi connectivity index (χ1v) is 11.0. The lowest BCUT2D eigenvalue weighted by atomic mass is 9.85. The van der Waals surface area contributed by atoms with E-state index in [0.29, 0.717) is 52.3 Å². The molecule has 9 nitrogen and oxygen atoms in total. The second kappa shape index (κ2) is 8.74. The molecule has 1 N–H and O–H groups in total. The minimum atomic E-state index is -0.446. The Hall–Kier alpha value is -4.01. The van der Waals surface area contributed by atoms with Gasteiger partial charge in [-0.15, -0.1) is 5.10 Å². The Morgan fingerprint density at radius 2 is 1.65 bits per heavy atom. The number of methoxy groups -OCH3 is 4. The lowest BCUT2D eigenvalue weighted by molar-refractivity contribution is -0.116. The van der Waals surface area contributed by atoms with Gasteiger partial charge in [-0.05, 0) is 31.0 Å². The second-order valence-corrected chi connectivity index (χ2v) is 8.06. The Balaban J connectivity index is 1.69. The van der Waals surface area contributed by atoms with Crippen LogP contribution in [0.1, 0.15) is 30.9 Å². The van der Waals surface area contributed by atoms with Gasteiger partial charge >= 0.3 is 0 Å². The van der Waals surface area contributed by atoms with E-state index in [4.69, 9.17) is 29.0 Å². The van der Waals surface area contributed by atoms with Gasteiger partial charge in [-0.25, -0.2) is 4.68 Å². The van der Waals surface area contributed by atoms with Crippen molar-refractivity contribution in [2.45, 2.75) is 25.3 Å². The molecule has 2 aliphatic rings. The number of allylic oxidation sites excluding steroid dienone is 2. The third kappa shape index (κ3) is 3.44. The standard InChI is InChI=1S/C25H26N4O5/c1-31-18-11-6-5-8-15(18)22-21-16(9-7-10-17(21)30)26-25-27-24(28-29(22)25)14-12-19(32-2)23(34-4)20(13-14)33-3/h5-6,8,11-13,22H,7,9-10H2,1-4H3,(H,26,27,28)/t22-/m0/s1. The molecule has 9 heteroatoms. The maximum Gasteiger partial charge on any atom is 0.226 e. The number of anilines is 1. The first-order chi connectivity index (χ1) is 16.6. The highest BCUT2D eigenvalue weighted by molar-refractivity contribution is 5.99. The number of rotatable bonds is 6. The number of hydrogen-bond acceptors (Lipinski definition) is 8. The smallest absolute Gasteiger partial charge is 0.226 e. The minimum absolute atomic E-state index is 0.111. The van der Waals surface area contributed by atoms with E-state index in [2.05, 4.69) is 5.32 Å². The van der Waals surface area contributed by atoms with Crippen LogP contribution in [0.3, 0.4) is 0 Å². The summed E-state index contributed by atoms with van der Waals surface area (Å²) in [5.41, 5.74) is 3.16. The number of hydrogen-bond donors (Lipinski definition) is 1. The SMILES string of the molecule is COc1ccccc1[C@H]1C2=C(CCCC2=O)Nc2nc(-c3cc(OC)c(OC)c(OC)c3)nn21. The molecule has 0 saturated carbocycles. The van der Waals surface area contributed by atoms with Crippen LogP contribution in [0, 0.1) is 0 Å². The molecule has 1 aliphatic carbocycles. The van der Waals surface area contributed by atoms with E-state index in [1.807, 2.05) is 24.3 Å². The van der Waals surface area contributed by atoms with E-state index in [1.165, 1.54) is 0 Å². The quantitative estimate of drug-likeness (QED) is 0.587. The molecule has 0 saturated heterocycles. The Kier molecular flexibility index (Phi) is 5.61. The molecule has 0 amide bonds. The van der Waals surface area contributed by atoms with Crippen LogP contribution in [-0.2, 0) is 4.79 Å². The molecule has 1 aliphatic heterocycles. The third-order valence-electron chi connectivity index (χ3n) is 6.22. The maximum absolute atomic E-state index is 13.1. The number of para-hydroxylation sites is 1. The van der Waals surface area contributed by atoms with E-state index in [0.717, 1.165) is 24.1 Å². The van der Waals surface area contributed by atoms with Gasteiger partial charge in [0.1, 0.15) is 11.8 Å². The number of ketones is 1. The summed E-state index contributed by atoms with van der Waals surface area (Å²) in [5.74, 6) is 3.33. The van der Waals surface area contributed by atoms with Crippen molar-refractivity contribution in [3.05, 3.63) is 53.2 Å². The molecule has 34 heavy (non-hydrogen) atoms. The molecule has 0 radical (unpaired) electrons. The lowest BCUT2D eigenvalue weighted by Gasteiger charge is -2.32. The molecule has 1 atom stereocenters. The predicted octanol–water partition coefficient (Wildman–Crippen LogP) is 4.00. The zero-order valence-electron chi connectivity index (χ0n) is 19.5. The summed E-state index contributed by atoms with van der Waals surface area (Å²) in [6.07, 6.45) is 2.09. The van der Waals surface area contributed by atoms with Crippen LogP contribution in [0.4, 0.5) is 5.95 Å². The summed E-state index contributed by atoms with van der Waals surface area (Å²) in [4.78, 5) is 17.9. The number of carbonyl (C=O) groups excluding carboxylic acids is 1. The van der Waals surface area contributed by atoms with Gasteiger partial charge in [-0.3, -0.25) is 4.79 Å². The number of benzene rings is 2. The summed E-state index contributed by atoms with van der Waals surface area (Å²) in [6.45, 7) is 0. The molecule has 2 aromatic carbocycles. The molecule has 0 fully saturated rings. The predicted molar refractivity (Wildman–Crippen MR) is 126 cm³/mol. The van der Waals surface area contributed by atoms with Crippen molar-refractivity contribution in [1.82, 2.24) is 14.8 Å². The van der Waals surface area contributed by atoms with Crippen LogP contribution in [0.5, 0.6) is 23.0 Å². The highest BCUT2D eigenvalue weighted by Crippen LogP contribution is 2.44. The fraction of sp³-hybridized carbons (Fsp3) is 0.320. The molecule has 5 rings (SSSR count). The Labute approximate surface area is 197 Å². The first kappa shape index (κ1) is 21.8. The second-order valence-electron chi connectivity index (χ2n) is 8.06. The number of fused-ring (bicyclic) bond motifs is 1. The molecule has 1 aromatic heterocycles. The largest absolute Gasteiger partial charge is 0.496 e. The normalized spacial score (nSPS) is 16.9. The number of Topliss-reactive ketones (excluding diaryl/α,β-unsaturated/α-hetero) is 1. The van der Waals surface area contributed by atoms with Gasteiger partial charge in [0, 0.05) is 28.8 Å². The van der Waals surface area contributed by atoms with Gasteiger partial charge in [0.2, 0.25) is 11.7 Å². The van der Waals surface area contributed by atoms with E-state index in [-0.39, 0.29) is 5.78 Å². The highest BCUT2D eigenvalue weighted by Gasteiger charge is 2.38. The number of nitrogens with one attached hydrogen (secondary N) is 1. The van der Waals surface area contributed by atoms with Crippen molar-refractivity contribution >= 4 is 11.7 Å². The van der Waals surface area contributed by atoms with Gasteiger partial charge in [-0.2, -0.15) is 4.98 Å². The summed E-state index contributed by atoms with van der Waals surface area (Å²) in [5, 5.41) is 8.19. The highest BCUT2D eigenvalue weighted by atomic mass is 16.5. The Morgan fingerprint density at radius 1 is 0.941 bits per heavy atom. The van der Waals surface area contributed by atoms with Gasteiger partial charge in [0.05, 0.1) is 28.4 Å². The molecule has 176 valence electrons. The number of aromatic nitrogens is 3. The zero-order valence-corrected chi connectivity index (χ0v) is 19.5. The topological polar surface area (TPSA) is 96.7 Å². The Bertz CT molecular complexity index is 1270. The molecule has 0 bridgehead atoms. The number of carbonyl (C=O) groups is 1. The van der Waals surface area contributed by atoms with E-state index < -0.39 is 6.04 Å². The average Bonchev–Trinajstić information content (AvgIpc) is 3.30.